The van der Waals surface area contributed by atoms with Crippen LogP contribution >= 0.6 is 11.6 Å². The Morgan fingerprint density at radius 2 is 2.00 bits per heavy atom. The van der Waals surface area contributed by atoms with Crippen molar-refractivity contribution in [2.45, 2.75) is 19.9 Å². The second kappa shape index (κ2) is 6.25. The van der Waals surface area contributed by atoms with Crippen molar-refractivity contribution >= 4 is 11.6 Å². The molecule has 0 spiro atoms. The molecule has 2 rings (SSSR count). The number of halogens is 2. The molecular weight excluding hydrogens is 277 g/mol. The Labute approximate surface area is 123 Å². The van der Waals surface area contributed by atoms with Gasteiger partial charge in [0.25, 0.3) is 0 Å². The second-order valence-electron chi connectivity index (χ2n) is 4.60. The van der Waals surface area contributed by atoms with Crippen LogP contribution in [0.25, 0.3) is 0 Å². The van der Waals surface area contributed by atoms with Crippen molar-refractivity contribution in [1.29, 1.82) is 0 Å². The van der Waals surface area contributed by atoms with Crippen LogP contribution < -0.4 is 10.5 Å². The summed E-state index contributed by atoms with van der Waals surface area (Å²) in [6.07, 6.45) is 0. The van der Waals surface area contributed by atoms with Crippen molar-refractivity contribution in [3.63, 3.8) is 0 Å². The first-order valence-electron chi connectivity index (χ1n) is 6.47. The maximum absolute atomic E-state index is 13.6. The Morgan fingerprint density at radius 1 is 1.25 bits per heavy atom. The Hall–Kier alpha value is -1.58. The van der Waals surface area contributed by atoms with E-state index in [-0.39, 0.29) is 5.02 Å². The molecule has 0 aliphatic heterocycles. The highest BCUT2D eigenvalue weighted by molar-refractivity contribution is 6.31. The van der Waals surface area contributed by atoms with Gasteiger partial charge < -0.3 is 10.5 Å². The number of rotatable bonds is 4. The third-order valence-electron chi connectivity index (χ3n) is 3.12. The van der Waals surface area contributed by atoms with Crippen LogP contribution in [-0.4, -0.2) is 6.61 Å². The van der Waals surface area contributed by atoms with Crippen molar-refractivity contribution in [2.24, 2.45) is 5.73 Å². The molecule has 20 heavy (non-hydrogen) atoms. The lowest BCUT2D eigenvalue weighted by Crippen LogP contribution is -2.14. The third kappa shape index (κ3) is 2.94. The molecule has 0 saturated carbocycles. The van der Waals surface area contributed by atoms with Gasteiger partial charge in [0.15, 0.2) is 0 Å². The molecule has 4 heteroatoms. The monoisotopic (exact) mass is 293 g/mol. The molecule has 1 atom stereocenters. The molecule has 2 aromatic carbocycles. The molecule has 0 bridgehead atoms. The third-order valence-corrected chi connectivity index (χ3v) is 3.52. The maximum Gasteiger partial charge on any atom is 0.142 e. The average Bonchev–Trinajstić information content (AvgIpc) is 2.43. The lowest BCUT2D eigenvalue weighted by molar-refractivity contribution is 0.335. The normalized spacial score (nSPS) is 12.2. The lowest BCUT2D eigenvalue weighted by Gasteiger charge is -2.19. The first-order chi connectivity index (χ1) is 9.54. The van der Waals surface area contributed by atoms with Crippen molar-refractivity contribution in [2.75, 3.05) is 6.61 Å². The van der Waals surface area contributed by atoms with Gasteiger partial charge in [-0.1, -0.05) is 41.4 Å². The molecule has 0 radical (unpaired) electrons. The van der Waals surface area contributed by atoms with E-state index >= 15 is 0 Å². The summed E-state index contributed by atoms with van der Waals surface area (Å²) >= 11 is 6.01. The molecular formula is C16H17ClFNO. The van der Waals surface area contributed by atoms with Gasteiger partial charge in [0.2, 0.25) is 0 Å². The van der Waals surface area contributed by atoms with E-state index in [9.17, 15) is 4.39 Å². The molecule has 0 aliphatic carbocycles. The number of benzene rings is 2. The highest BCUT2D eigenvalue weighted by Gasteiger charge is 2.18. The summed E-state index contributed by atoms with van der Waals surface area (Å²) in [7, 11) is 0. The van der Waals surface area contributed by atoms with Crippen molar-refractivity contribution in [1.82, 2.24) is 0 Å². The lowest BCUT2D eigenvalue weighted by atomic mass is 9.97. The van der Waals surface area contributed by atoms with Crippen LogP contribution in [0, 0.1) is 12.7 Å². The first-order valence-corrected chi connectivity index (χ1v) is 6.85. The average molecular weight is 294 g/mol. The minimum atomic E-state index is -0.528. The summed E-state index contributed by atoms with van der Waals surface area (Å²) in [5.41, 5.74) is 8.68. The zero-order chi connectivity index (χ0) is 14.7. The largest absolute Gasteiger partial charge is 0.494 e. The van der Waals surface area contributed by atoms with Crippen LogP contribution in [0.1, 0.15) is 29.7 Å². The van der Waals surface area contributed by atoms with E-state index in [2.05, 4.69) is 0 Å². The van der Waals surface area contributed by atoms with E-state index in [1.165, 1.54) is 6.07 Å². The van der Waals surface area contributed by atoms with Crippen molar-refractivity contribution in [3.05, 3.63) is 63.9 Å². The highest BCUT2D eigenvalue weighted by Crippen LogP contribution is 2.33. The minimum absolute atomic E-state index is 0.0592. The number of hydrogen-bond donors (Lipinski definition) is 1. The van der Waals surface area contributed by atoms with E-state index in [1.54, 1.807) is 12.1 Å². The van der Waals surface area contributed by atoms with Crippen molar-refractivity contribution < 1.29 is 9.13 Å². The van der Waals surface area contributed by atoms with E-state index in [0.29, 0.717) is 17.9 Å². The van der Waals surface area contributed by atoms with E-state index in [1.807, 2.05) is 32.0 Å². The zero-order valence-corrected chi connectivity index (χ0v) is 12.2. The van der Waals surface area contributed by atoms with Gasteiger partial charge in [-0.2, -0.15) is 0 Å². The molecule has 0 fully saturated rings. The minimum Gasteiger partial charge on any atom is -0.494 e. The number of hydrogen-bond acceptors (Lipinski definition) is 2. The summed E-state index contributed by atoms with van der Waals surface area (Å²) in [6.45, 7) is 4.42. The Bertz CT molecular complexity index is 615. The summed E-state index contributed by atoms with van der Waals surface area (Å²) in [6, 6.07) is 9.89. The fourth-order valence-corrected chi connectivity index (χ4v) is 2.37. The maximum atomic E-state index is 13.6. The summed E-state index contributed by atoms with van der Waals surface area (Å²) in [5.74, 6) is 0.233. The van der Waals surface area contributed by atoms with Crippen LogP contribution in [0.4, 0.5) is 4.39 Å². The molecule has 2 N–H and O–H groups in total. The van der Waals surface area contributed by atoms with Gasteiger partial charge >= 0.3 is 0 Å². The Balaban J connectivity index is 2.49. The van der Waals surface area contributed by atoms with Gasteiger partial charge in [0.1, 0.15) is 11.6 Å². The van der Waals surface area contributed by atoms with Crippen LogP contribution in [0.15, 0.2) is 36.4 Å². The summed E-state index contributed by atoms with van der Waals surface area (Å²) < 4.78 is 19.2. The number of nitrogens with two attached hydrogens (primary N) is 1. The standard InChI is InChI=1S/C16H17ClFNO/c1-3-20-14-8-7-10(2)9-12(14)16(19)11-5-4-6-13(18)15(11)17/h4-9,16H,3,19H2,1-2H3. The van der Waals surface area contributed by atoms with Gasteiger partial charge in [-0.3, -0.25) is 0 Å². The van der Waals surface area contributed by atoms with Crippen LogP contribution in [-0.2, 0) is 0 Å². The van der Waals surface area contributed by atoms with Gasteiger partial charge in [-0.05, 0) is 31.5 Å². The molecule has 2 aromatic rings. The van der Waals surface area contributed by atoms with Gasteiger partial charge in [-0.25, -0.2) is 4.39 Å². The Kier molecular flexibility index (Phi) is 4.63. The first kappa shape index (κ1) is 14.8. The molecule has 106 valence electrons. The van der Waals surface area contributed by atoms with Crippen molar-refractivity contribution in [3.8, 4) is 5.75 Å². The van der Waals surface area contributed by atoms with E-state index < -0.39 is 11.9 Å². The topological polar surface area (TPSA) is 35.2 Å². The van der Waals surface area contributed by atoms with E-state index in [0.717, 1.165) is 11.1 Å². The number of aryl methyl sites for hydroxylation is 1. The van der Waals surface area contributed by atoms with Gasteiger partial charge in [0, 0.05) is 5.56 Å². The SMILES string of the molecule is CCOc1ccc(C)cc1C(N)c1cccc(F)c1Cl. The molecule has 0 amide bonds. The smallest absolute Gasteiger partial charge is 0.142 e. The van der Waals surface area contributed by atoms with Gasteiger partial charge in [0.05, 0.1) is 17.7 Å². The van der Waals surface area contributed by atoms with Crippen LogP contribution in [0.5, 0.6) is 5.75 Å². The molecule has 0 saturated heterocycles. The highest BCUT2D eigenvalue weighted by atomic mass is 35.5. The molecule has 0 aliphatic rings. The molecule has 2 nitrogen and oxygen atoms in total. The van der Waals surface area contributed by atoms with Crippen LogP contribution in [0.3, 0.4) is 0 Å². The summed E-state index contributed by atoms with van der Waals surface area (Å²) in [5, 5.41) is 0.0592. The van der Waals surface area contributed by atoms with Gasteiger partial charge in [-0.15, -0.1) is 0 Å². The van der Waals surface area contributed by atoms with E-state index in [4.69, 9.17) is 22.1 Å². The zero-order valence-electron chi connectivity index (χ0n) is 11.5. The molecule has 1 unspecified atom stereocenters. The predicted octanol–water partition coefficient (Wildman–Crippen LogP) is 4.23. The Morgan fingerprint density at radius 3 is 2.70 bits per heavy atom. The molecule has 0 heterocycles. The second-order valence-corrected chi connectivity index (χ2v) is 4.97. The van der Waals surface area contributed by atoms with Crippen LogP contribution in [0.2, 0.25) is 5.02 Å². The summed E-state index contributed by atoms with van der Waals surface area (Å²) in [4.78, 5) is 0. The fraction of sp³-hybridized carbons (Fsp3) is 0.250. The quantitative estimate of drug-likeness (QED) is 0.915. The number of ether oxygens (including phenoxy) is 1. The fourth-order valence-electron chi connectivity index (χ4n) is 2.13. The molecule has 0 aromatic heterocycles. The predicted molar refractivity (Wildman–Crippen MR) is 79.8 cm³/mol.